The fourth-order valence-corrected chi connectivity index (χ4v) is 13.3. The lowest BCUT2D eigenvalue weighted by atomic mass is 9.97. The number of aromatic hydroxyl groups is 1. The van der Waals surface area contributed by atoms with Crippen LogP contribution in [-0.2, 0) is 52.3 Å². The van der Waals surface area contributed by atoms with E-state index in [1.807, 2.05) is 67.3 Å². The number of aliphatic imine (C=N–C) groups is 1. The van der Waals surface area contributed by atoms with Crippen molar-refractivity contribution in [3.8, 4) is 23.0 Å². The van der Waals surface area contributed by atoms with Gasteiger partial charge >= 0.3 is 5.97 Å². The molecule has 102 heavy (non-hydrogen) atoms. The van der Waals surface area contributed by atoms with Crippen molar-refractivity contribution in [2.45, 2.75) is 47.5 Å². The van der Waals surface area contributed by atoms with E-state index in [0.29, 0.717) is 114 Å². The monoisotopic (exact) mass is 1410 g/mol. The maximum absolute atomic E-state index is 13.6. The molecule has 24 heteroatoms. The molecular formula is C78H87N7O16S. The van der Waals surface area contributed by atoms with Gasteiger partial charge < -0.3 is 82.5 Å². The SMILES string of the molecule is CCOC(=O)C1=C(O)C(=Cc2ccc(OCCOCCOCCOCCNC(=O)CCC(=O)N(CCOCCOCCOc3ccc4[nH]c5c(C)c6ccncc6c(C)c5c4c3)CCOCCOCCOc3ccc4[nH]c5c(C)c6ccncc6c(C)c5c4c3)c(O)c2)SC1=Nc1ccccc1. The van der Waals surface area contributed by atoms with Crippen LogP contribution in [0.5, 0.6) is 23.0 Å². The van der Waals surface area contributed by atoms with Crippen molar-refractivity contribution in [1.82, 2.24) is 30.2 Å². The minimum atomic E-state index is -0.682. The number of benzene rings is 6. The number of aryl methyl sites for hydroxylation is 4. The lowest BCUT2D eigenvalue weighted by Crippen LogP contribution is -2.38. The summed E-state index contributed by atoms with van der Waals surface area (Å²) in [6.07, 6.45) is 9.14. The van der Waals surface area contributed by atoms with E-state index in [0.717, 1.165) is 66.9 Å². The molecule has 0 atom stereocenters. The number of pyridine rings is 2. The van der Waals surface area contributed by atoms with Crippen LogP contribution in [0.1, 0.15) is 47.6 Å². The highest BCUT2D eigenvalue weighted by Crippen LogP contribution is 2.42. The predicted octanol–water partition coefficient (Wildman–Crippen LogP) is 12.6. The van der Waals surface area contributed by atoms with Gasteiger partial charge in [-0.1, -0.05) is 36.0 Å². The predicted molar refractivity (Wildman–Crippen MR) is 396 cm³/mol. The van der Waals surface area contributed by atoms with Gasteiger partial charge in [0.25, 0.3) is 0 Å². The van der Waals surface area contributed by atoms with Crippen molar-refractivity contribution >= 4 is 112 Å². The number of hydrogen-bond donors (Lipinski definition) is 5. The van der Waals surface area contributed by atoms with Gasteiger partial charge in [0.05, 0.1) is 121 Å². The molecule has 5 N–H and O–H groups in total. The quantitative estimate of drug-likeness (QED) is 0.0176. The Kier molecular flexibility index (Phi) is 26.6. The molecule has 2 amide bonds. The van der Waals surface area contributed by atoms with Gasteiger partial charge in [0.15, 0.2) is 11.5 Å². The van der Waals surface area contributed by atoms with Crippen LogP contribution < -0.4 is 19.5 Å². The Morgan fingerprint density at radius 3 is 1.59 bits per heavy atom. The highest BCUT2D eigenvalue weighted by molar-refractivity contribution is 8.18. The number of hydrogen-bond acceptors (Lipinski definition) is 20. The van der Waals surface area contributed by atoms with Crippen molar-refractivity contribution in [1.29, 1.82) is 0 Å². The van der Waals surface area contributed by atoms with Gasteiger partial charge in [0, 0.05) is 101 Å². The Bertz CT molecular complexity index is 4470. The molecule has 23 nitrogen and oxygen atoms in total. The zero-order chi connectivity index (χ0) is 71.2. The molecule has 0 radical (unpaired) electrons. The Balaban J connectivity index is 0.553. The molecule has 0 unspecified atom stereocenters. The van der Waals surface area contributed by atoms with Crippen molar-refractivity contribution in [2.24, 2.45) is 4.99 Å². The molecule has 0 aliphatic carbocycles. The summed E-state index contributed by atoms with van der Waals surface area (Å²) in [5, 5.41) is 34.1. The molecule has 4 aromatic heterocycles. The lowest BCUT2D eigenvalue weighted by molar-refractivity contribution is -0.138. The van der Waals surface area contributed by atoms with Crippen LogP contribution >= 0.6 is 11.8 Å². The Labute approximate surface area is 595 Å². The number of ether oxygens (including phenoxy) is 11. The molecule has 6 aromatic carbocycles. The number of amides is 2. The summed E-state index contributed by atoms with van der Waals surface area (Å²) in [6, 6.07) is 30.2. The van der Waals surface area contributed by atoms with Crippen LogP contribution in [0.3, 0.4) is 0 Å². The molecule has 536 valence electrons. The summed E-state index contributed by atoms with van der Waals surface area (Å²) in [4.78, 5) is 61.8. The van der Waals surface area contributed by atoms with E-state index in [9.17, 15) is 24.6 Å². The average Bonchev–Trinajstić information content (AvgIpc) is 1.56. The minimum absolute atomic E-state index is 0.00263. The first-order valence-corrected chi connectivity index (χ1v) is 35.2. The molecule has 0 saturated heterocycles. The molecule has 5 heterocycles. The minimum Gasteiger partial charge on any atom is -0.506 e. The van der Waals surface area contributed by atoms with Crippen LogP contribution in [0.4, 0.5) is 5.69 Å². The van der Waals surface area contributed by atoms with E-state index >= 15 is 0 Å². The molecule has 10 aromatic rings. The molecule has 0 fully saturated rings. The molecule has 0 bridgehead atoms. The highest BCUT2D eigenvalue weighted by Gasteiger charge is 2.33. The Hall–Kier alpha value is -9.63. The van der Waals surface area contributed by atoms with E-state index in [1.165, 1.54) is 49.9 Å². The van der Waals surface area contributed by atoms with Gasteiger partial charge in [-0.2, -0.15) is 0 Å². The topological polar surface area (TPSA) is 278 Å². The summed E-state index contributed by atoms with van der Waals surface area (Å²) < 4.78 is 63.6. The number of nitrogens with one attached hydrogen (secondary N) is 3. The van der Waals surface area contributed by atoms with Crippen LogP contribution in [-0.4, -0.2) is 196 Å². The second-order valence-corrected chi connectivity index (χ2v) is 25.1. The number of carbonyl (C=O) groups excluding carboxylic acids is 3. The number of aromatic amines is 2. The number of nitrogens with zero attached hydrogens (tertiary/aromatic N) is 4. The number of aliphatic hydroxyl groups excluding tert-OH is 1. The number of aromatic nitrogens is 4. The first kappa shape index (κ1) is 73.6. The third-order valence-corrected chi connectivity index (χ3v) is 18.4. The average molecular weight is 1410 g/mol. The Morgan fingerprint density at radius 1 is 0.549 bits per heavy atom. The van der Waals surface area contributed by atoms with E-state index in [2.05, 4.69) is 82.2 Å². The number of esters is 1. The second kappa shape index (κ2) is 36.8. The molecule has 0 saturated carbocycles. The third kappa shape index (κ3) is 18.9. The molecular weight excluding hydrogens is 1320 g/mol. The summed E-state index contributed by atoms with van der Waals surface area (Å²) in [5.41, 5.74) is 10.2. The standard InChI is InChI=1S/C78H87N7O16S/c1-6-98-78(90)73-76(89)68(102-77(73)82-55-10-8-7-9-11-55)45-54-12-17-67(66(86)44-54)101-43-40-97-37-36-94-33-30-91-27-24-81-69(87)18-19-70(88)85(25-28-92-31-34-95-38-41-99-56-13-15-64-60(46-56)71-50(2)62-48-79-22-20-58(62)52(4)74(71)83-64)26-29-93-32-35-96-39-42-100-57-14-16-65-61(47-57)72-51(3)63-49-80-23-21-59(63)53(5)75(72)84-65/h7-17,20-23,44-49,83-84,86,89H,6,18-19,24-43H2,1-5H3,(H,81,87). The van der Waals surface area contributed by atoms with Crippen molar-refractivity contribution in [3.05, 3.63) is 166 Å². The lowest BCUT2D eigenvalue weighted by Gasteiger charge is -2.23. The maximum atomic E-state index is 13.6. The van der Waals surface area contributed by atoms with Crippen LogP contribution in [0.2, 0.25) is 0 Å². The molecule has 11 rings (SSSR count). The van der Waals surface area contributed by atoms with Gasteiger partial charge in [-0.15, -0.1) is 0 Å². The van der Waals surface area contributed by atoms with Crippen molar-refractivity contribution in [3.63, 3.8) is 0 Å². The molecule has 1 aliphatic rings. The van der Waals surface area contributed by atoms with Gasteiger partial charge in [0.1, 0.15) is 47.7 Å². The number of phenols is 1. The van der Waals surface area contributed by atoms with E-state index in [-0.39, 0.29) is 93.7 Å². The molecule has 1 aliphatic heterocycles. The van der Waals surface area contributed by atoms with Crippen molar-refractivity contribution < 1.29 is 76.7 Å². The number of rotatable bonds is 40. The fraction of sp³-hybridized carbons (Fsp3) is 0.359. The maximum Gasteiger partial charge on any atom is 0.344 e. The number of phenolic OH excluding ortho intramolecular Hbond substituents is 1. The number of thioether (sulfide) groups is 1. The summed E-state index contributed by atoms with van der Waals surface area (Å²) in [7, 11) is 0. The van der Waals surface area contributed by atoms with E-state index < -0.39 is 5.97 Å². The smallest absolute Gasteiger partial charge is 0.344 e. The first-order valence-electron chi connectivity index (χ1n) is 34.4. The number of para-hydroxylation sites is 1. The Morgan fingerprint density at radius 2 is 1.06 bits per heavy atom. The van der Waals surface area contributed by atoms with Gasteiger partial charge in [-0.3, -0.25) is 19.6 Å². The second-order valence-electron chi connectivity index (χ2n) is 24.1. The van der Waals surface area contributed by atoms with Crippen LogP contribution in [0.15, 0.2) is 143 Å². The summed E-state index contributed by atoms with van der Waals surface area (Å²) in [5.74, 6) is 0.214. The van der Waals surface area contributed by atoms with Gasteiger partial charge in [-0.25, -0.2) is 9.79 Å². The van der Waals surface area contributed by atoms with Crippen LogP contribution in [0.25, 0.3) is 71.2 Å². The normalized spacial score (nSPS) is 13.3. The van der Waals surface area contributed by atoms with Gasteiger partial charge in [0.2, 0.25) is 11.8 Å². The van der Waals surface area contributed by atoms with Crippen molar-refractivity contribution in [2.75, 3.05) is 139 Å². The van der Waals surface area contributed by atoms with E-state index in [4.69, 9.17) is 52.1 Å². The molecule has 0 spiro atoms. The number of carbonyl (C=O) groups is 3. The highest BCUT2D eigenvalue weighted by atomic mass is 32.2. The number of aliphatic hydroxyl groups is 1. The fourth-order valence-electron chi connectivity index (χ4n) is 12.2. The zero-order valence-corrected chi connectivity index (χ0v) is 59.0. The van der Waals surface area contributed by atoms with Crippen LogP contribution in [0, 0.1) is 27.7 Å². The number of fused-ring (bicyclic) bond motifs is 8. The summed E-state index contributed by atoms with van der Waals surface area (Å²) >= 11 is 1.12. The van der Waals surface area contributed by atoms with E-state index in [1.54, 1.807) is 42.2 Å². The van der Waals surface area contributed by atoms with Gasteiger partial charge in [-0.05, 0) is 152 Å². The summed E-state index contributed by atoms with van der Waals surface area (Å²) in [6.45, 7) is 16.3. The first-order chi connectivity index (χ1) is 49.8. The zero-order valence-electron chi connectivity index (χ0n) is 58.2. The number of H-pyrrole nitrogens is 2. The largest absolute Gasteiger partial charge is 0.506 e. The third-order valence-electron chi connectivity index (χ3n) is 17.4.